The predicted molar refractivity (Wildman–Crippen MR) is 95.4 cm³/mol. The molecule has 6 heteroatoms. The fourth-order valence-corrected chi connectivity index (χ4v) is 3.61. The van der Waals surface area contributed by atoms with E-state index in [2.05, 4.69) is 19.8 Å². The van der Waals surface area contributed by atoms with Gasteiger partial charge in [0.25, 0.3) is 0 Å². The molecule has 2 aliphatic heterocycles. The number of rotatable bonds is 4. The summed E-state index contributed by atoms with van der Waals surface area (Å²) >= 11 is 0. The van der Waals surface area contributed by atoms with Crippen LogP contribution < -0.4 is 4.90 Å². The molecule has 6 nitrogen and oxygen atoms in total. The zero-order chi connectivity index (χ0) is 17.1. The molecule has 1 fully saturated rings. The number of morpholine rings is 1. The summed E-state index contributed by atoms with van der Waals surface area (Å²) in [6.07, 6.45) is 2.11. The highest BCUT2D eigenvalue weighted by atomic mass is 16.5. The van der Waals surface area contributed by atoms with Gasteiger partial charge in [-0.1, -0.05) is 30.3 Å². The first-order chi connectivity index (χ1) is 12.3. The standard InChI is InChI=1S/C19H24N4O2/c24-18(15-4-2-1-3-5-15)13-22-7-6-17-16(12-22)19(21-14-20-17)23-8-10-25-11-9-23/h1-5,14,18,24H,6-13H2/t18-/m0/s1. The molecule has 2 aromatic rings. The molecule has 0 bridgehead atoms. The minimum absolute atomic E-state index is 0.473. The van der Waals surface area contributed by atoms with E-state index in [0.717, 1.165) is 62.9 Å². The molecule has 0 amide bonds. The smallest absolute Gasteiger partial charge is 0.136 e. The van der Waals surface area contributed by atoms with Crippen molar-refractivity contribution in [1.29, 1.82) is 0 Å². The highest BCUT2D eigenvalue weighted by Gasteiger charge is 2.26. The van der Waals surface area contributed by atoms with Gasteiger partial charge in [0, 0.05) is 44.7 Å². The molecule has 1 saturated heterocycles. The van der Waals surface area contributed by atoms with Gasteiger partial charge in [-0.05, 0) is 5.56 Å². The Morgan fingerprint density at radius 1 is 1.08 bits per heavy atom. The molecule has 1 aromatic carbocycles. The van der Waals surface area contributed by atoms with Crippen molar-refractivity contribution in [1.82, 2.24) is 14.9 Å². The number of anilines is 1. The molecular formula is C19H24N4O2. The minimum atomic E-state index is -0.473. The minimum Gasteiger partial charge on any atom is -0.387 e. The number of nitrogens with zero attached hydrogens (tertiary/aromatic N) is 4. The zero-order valence-electron chi connectivity index (χ0n) is 14.3. The molecule has 0 aliphatic carbocycles. The quantitative estimate of drug-likeness (QED) is 0.908. The van der Waals surface area contributed by atoms with Crippen molar-refractivity contribution in [2.75, 3.05) is 44.3 Å². The number of hydrogen-bond acceptors (Lipinski definition) is 6. The second-order valence-electron chi connectivity index (χ2n) is 6.63. The second kappa shape index (κ2) is 7.47. The van der Waals surface area contributed by atoms with Gasteiger partial charge in [-0.25, -0.2) is 9.97 Å². The van der Waals surface area contributed by atoms with Crippen molar-refractivity contribution >= 4 is 5.82 Å². The van der Waals surface area contributed by atoms with Crippen molar-refractivity contribution in [2.45, 2.75) is 19.1 Å². The monoisotopic (exact) mass is 340 g/mol. The van der Waals surface area contributed by atoms with E-state index in [0.29, 0.717) is 6.54 Å². The van der Waals surface area contributed by atoms with Gasteiger partial charge in [0.05, 0.1) is 25.0 Å². The van der Waals surface area contributed by atoms with E-state index < -0.39 is 6.10 Å². The van der Waals surface area contributed by atoms with Crippen molar-refractivity contribution in [2.24, 2.45) is 0 Å². The molecular weight excluding hydrogens is 316 g/mol. The number of aliphatic hydroxyl groups excluding tert-OH is 1. The third-order valence-electron chi connectivity index (χ3n) is 4.98. The summed E-state index contributed by atoms with van der Waals surface area (Å²) in [6, 6.07) is 9.86. The van der Waals surface area contributed by atoms with E-state index in [-0.39, 0.29) is 0 Å². The molecule has 1 atom stereocenters. The molecule has 0 spiro atoms. The summed E-state index contributed by atoms with van der Waals surface area (Å²) in [5.41, 5.74) is 3.31. The Morgan fingerprint density at radius 3 is 2.68 bits per heavy atom. The van der Waals surface area contributed by atoms with Crippen LogP contribution in [0.1, 0.15) is 22.9 Å². The van der Waals surface area contributed by atoms with E-state index in [4.69, 9.17) is 4.74 Å². The normalized spacial score (nSPS) is 19.5. The lowest BCUT2D eigenvalue weighted by molar-refractivity contribution is 0.105. The number of aliphatic hydroxyl groups is 1. The maximum Gasteiger partial charge on any atom is 0.136 e. The van der Waals surface area contributed by atoms with Crippen molar-refractivity contribution < 1.29 is 9.84 Å². The third kappa shape index (κ3) is 3.66. The van der Waals surface area contributed by atoms with Gasteiger partial charge in [-0.15, -0.1) is 0 Å². The Bertz CT molecular complexity index is 704. The van der Waals surface area contributed by atoms with Crippen LogP contribution in [0.15, 0.2) is 36.7 Å². The van der Waals surface area contributed by atoms with Gasteiger partial charge in [0.15, 0.2) is 0 Å². The molecule has 4 rings (SSSR count). The summed E-state index contributed by atoms with van der Waals surface area (Å²) in [4.78, 5) is 13.6. The number of ether oxygens (including phenoxy) is 1. The van der Waals surface area contributed by atoms with E-state index in [1.54, 1.807) is 6.33 Å². The van der Waals surface area contributed by atoms with Crippen molar-refractivity contribution in [3.63, 3.8) is 0 Å². The van der Waals surface area contributed by atoms with Crippen LogP contribution in [0.25, 0.3) is 0 Å². The third-order valence-corrected chi connectivity index (χ3v) is 4.98. The summed E-state index contributed by atoms with van der Waals surface area (Å²) < 4.78 is 5.46. The first-order valence-electron chi connectivity index (χ1n) is 8.92. The lowest BCUT2D eigenvalue weighted by Crippen LogP contribution is -2.40. The number of fused-ring (bicyclic) bond motifs is 1. The van der Waals surface area contributed by atoms with Crippen LogP contribution in [0.5, 0.6) is 0 Å². The maximum atomic E-state index is 10.5. The summed E-state index contributed by atoms with van der Waals surface area (Å²) in [6.45, 7) is 5.56. The predicted octanol–water partition coefficient (Wildman–Crippen LogP) is 1.40. The number of aromatic nitrogens is 2. The van der Waals surface area contributed by atoms with Crippen LogP contribution in [-0.2, 0) is 17.7 Å². The zero-order valence-corrected chi connectivity index (χ0v) is 14.3. The fraction of sp³-hybridized carbons (Fsp3) is 0.474. The fourth-order valence-electron chi connectivity index (χ4n) is 3.61. The molecule has 1 N–H and O–H groups in total. The Kier molecular flexibility index (Phi) is 4.92. The molecule has 25 heavy (non-hydrogen) atoms. The highest BCUT2D eigenvalue weighted by molar-refractivity contribution is 5.49. The average molecular weight is 340 g/mol. The molecule has 2 aliphatic rings. The van der Waals surface area contributed by atoms with Gasteiger partial charge < -0.3 is 14.7 Å². The second-order valence-corrected chi connectivity index (χ2v) is 6.63. The Morgan fingerprint density at radius 2 is 1.88 bits per heavy atom. The largest absolute Gasteiger partial charge is 0.387 e. The molecule has 0 saturated carbocycles. The van der Waals surface area contributed by atoms with Crippen LogP contribution in [0.3, 0.4) is 0 Å². The van der Waals surface area contributed by atoms with E-state index >= 15 is 0 Å². The van der Waals surface area contributed by atoms with Crippen molar-refractivity contribution in [3.05, 3.63) is 53.5 Å². The van der Waals surface area contributed by atoms with Gasteiger partial charge in [0.1, 0.15) is 12.1 Å². The van der Waals surface area contributed by atoms with E-state index in [1.807, 2.05) is 30.3 Å². The van der Waals surface area contributed by atoms with Gasteiger partial charge in [0.2, 0.25) is 0 Å². The van der Waals surface area contributed by atoms with Crippen LogP contribution in [0, 0.1) is 0 Å². The van der Waals surface area contributed by atoms with Crippen molar-refractivity contribution in [3.8, 4) is 0 Å². The number of benzene rings is 1. The van der Waals surface area contributed by atoms with Gasteiger partial charge in [-0.2, -0.15) is 0 Å². The average Bonchev–Trinajstić information content (AvgIpc) is 2.69. The van der Waals surface area contributed by atoms with Crippen LogP contribution >= 0.6 is 0 Å². The number of hydrogen-bond donors (Lipinski definition) is 1. The number of β-amino-alcohol motifs (C(OH)–C–C–N with tert-alkyl or cyclic N) is 1. The lowest BCUT2D eigenvalue weighted by atomic mass is 10.0. The van der Waals surface area contributed by atoms with Crippen LogP contribution in [0.4, 0.5) is 5.82 Å². The lowest BCUT2D eigenvalue weighted by Gasteiger charge is -2.34. The summed E-state index contributed by atoms with van der Waals surface area (Å²) in [5.74, 6) is 1.03. The molecule has 1 aromatic heterocycles. The van der Waals surface area contributed by atoms with E-state index in [9.17, 15) is 5.11 Å². The maximum absolute atomic E-state index is 10.5. The molecule has 0 radical (unpaired) electrons. The van der Waals surface area contributed by atoms with Crippen LogP contribution in [-0.4, -0.2) is 59.4 Å². The van der Waals surface area contributed by atoms with Gasteiger partial charge >= 0.3 is 0 Å². The first-order valence-corrected chi connectivity index (χ1v) is 8.92. The van der Waals surface area contributed by atoms with Crippen LogP contribution in [0.2, 0.25) is 0 Å². The molecule has 132 valence electrons. The molecule has 3 heterocycles. The molecule has 0 unspecified atom stereocenters. The van der Waals surface area contributed by atoms with E-state index in [1.165, 1.54) is 5.56 Å². The Balaban J connectivity index is 1.50. The SMILES string of the molecule is O[C@@H](CN1CCc2ncnc(N3CCOCC3)c2C1)c1ccccc1. The Labute approximate surface area is 148 Å². The topological polar surface area (TPSA) is 61.7 Å². The summed E-state index contributed by atoms with van der Waals surface area (Å²) in [5, 5.41) is 10.5. The Hall–Kier alpha value is -2.02. The highest BCUT2D eigenvalue weighted by Crippen LogP contribution is 2.27. The summed E-state index contributed by atoms with van der Waals surface area (Å²) in [7, 11) is 0. The van der Waals surface area contributed by atoms with Gasteiger partial charge in [-0.3, -0.25) is 4.90 Å². The first kappa shape index (κ1) is 16.4.